The first-order chi connectivity index (χ1) is 14.6. The molecule has 0 aliphatic carbocycles. The predicted molar refractivity (Wildman–Crippen MR) is 113 cm³/mol. The van der Waals surface area contributed by atoms with Gasteiger partial charge in [0.1, 0.15) is 5.75 Å². The molecular formula is C20H22ClN7O2. The molecular weight excluding hydrogens is 406 g/mol. The van der Waals surface area contributed by atoms with Crippen LogP contribution in [0.3, 0.4) is 0 Å². The van der Waals surface area contributed by atoms with Gasteiger partial charge in [-0.3, -0.25) is 4.90 Å². The van der Waals surface area contributed by atoms with E-state index in [1.54, 1.807) is 41.0 Å². The molecule has 0 atom stereocenters. The quantitative estimate of drug-likeness (QED) is 0.673. The van der Waals surface area contributed by atoms with Gasteiger partial charge in [0.05, 0.1) is 19.3 Å². The van der Waals surface area contributed by atoms with Crippen molar-refractivity contribution in [1.29, 1.82) is 0 Å². The van der Waals surface area contributed by atoms with Crippen LogP contribution in [-0.2, 0) is 6.54 Å². The Morgan fingerprint density at radius 1 is 1.07 bits per heavy atom. The lowest BCUT2D eigenvalue weighted by molar-refractivity contribution is 0.140. The van der Waals surface area contributed by atoms with Crippen LogP contribution in [0.5, 0.6) is 5.75 Å². The molecule has 1 fully saturated rings. The first kappa shape index (κ1) is 20.1. The Morgan fingerprint density at radius 3 is 2.43 bits per heavy atom. The molecule has 9 nitrogen and oxygen atoms in total. The first-order valence-electron chi connectivity index (χ1n) is 9.58. The molecule has 2 aromatic carbocycles. The molecule has 2 amide bonds. The zero-order chi connectivity index (χ0) is 20.9. The van der Waals surface area contributed by atoms with Crippen LogP contribution in [0.15, 0.2) is 48.5 Å². The summed E-state index contributed by atoms with van der Waals surface area (Å²) >= 11 is 5.89. The highest BCUT2D eigenvalue weighted by Crippen LogP contribution is 2.17. The highest BCUT2D eigenvalue weighted by Gasteiger charge is 2.23. The van der Waals surface area contributed by atoms with Crippen molar-refractivity contribution in [1.82, 2.24) is 30.0 Å². The Balaban J connectivity index is 1.32. The molecule has 1 saturated heterocycles. The van der Waals surface area contributed by atoms with Crippen molar-refractivity contribution in [2.24, 2.45) is 0 Å². The summed E-state index contributed by atoms with van der Waals surface area (Å²) in [7, 11) is 1.63. The molecule has 0 radical (unpaired) electrons. The van der Waals surface area contributed by atoms with Crippen LogP contribution in [0.25, 0.3) is 5.69 Å². The van der Waals surface area contributed by atoms with Gasteiger partial charge >= 0.3 is 6.03 Å². The van der Waals surface area contributed by atoms with Gasteiger partial charge < -0.3 is 15.0 Å². The van der Waals surface area contributed by atoms with Gasteiger partial charge in [0.25, 0.3) is 0 Å². The van der Waals surface area contributed by atoms with Crippen LogP contribution in [0.1, 0.15) is 5.82 Å². The number of halogens is 1. The second kappa shape index (κ2) is 9.10. The van der Waals surface area contributed by atoms with Crippen LogP contribution in [0.2, 0.25) is 5.02 Å². The number of hydrogen-bond donors (Lipinski definition) is 1. The molecule has 1 aliphatic heterocycles. The summed E-state index contributed by atoms with van der Waals surface area (Å²) in [6, 6.07) is 14.5. The van der Waals surface area contributed by atoms with Gasteiger partial charge in [-0.25, -0.2) is 4.79 Å². The van der Waals surface area contributed by atoms with Crippen LogP contribution in [-0.4, -0.2) is 69.3 Å². The fraction of sp³-hybridized carbons (Fsp3) is 0.300. The van der Waals surface area contributed by atoms with Crippen molar-refractivity contribution in [2.45, 2.75) is 6.54 Å². The monoisotopic (exact) mass is 427 g/mol. The van der Waals surface area contributed by atoms with E-state index in [-0.39, 0.29) is 6.03 Å². The lowest BCUT2D eigenvalue weighted by atomic mass is 10.3. The van der Waals surface area contributed by atoms with Gasteiger partial charge in [0.15, 0.2) is 5.82 Å². The summed E-state index contributed by atoms with van der Waals surface area (Å²) in [4.78, 5) is 16.5. The van der Waals surface area contributed by atoms with Crippen LogP contribution >= 0.6 is 11.6 Å². The number of urea groups is 1. The highest BCUT2D eigenvalue weighted by molar-refractivity contribution is 6.30. The largest absolute Gasteiger partial charge is 0.497 e. The minimum atomic E-state index is -0.111. The first-order valence-corrected chi connectivity index (χ1v) is 9.96. The number of ether oxygens (including phenoxy) is 1. The molecule has 0 spiro atoms. The zero-order valence-electron chi connectivity index (χ0n) is 16.5. The number of tetrazole rings is 1. The molecule has 10 heteroatoms. The predicted octanol–water partition coefficient (Wildman–Crippen LogP) is 2.67. The number of nitrogens with one attached hydrogen (secondary N) is 1. The number of anilines is 1. The minimum absolute atomic E-state index is 0.111. The maximum absolute atomic E-state index is 12.5. The van der Waals surface area contributed by atoms with E-state index >= 15 is 0 Å². The Bertz CT molecular complexity index is 983. The van der Waals surface area contributed by atoms with Crippen LogP contribution in [0, 0.1) is 0 Å². The Kier molecular flexibility index (Phi) is 6.10. The lowest BCUT2D eigenvalue weighted by Gasteiger charge is -2.34. The summed E-state index contributed by atoms with van der Waals surface area (Å²) in [5.74, 6) is 1.53. The molecule has 1 N–H and O–H groups in total. The summed E-state index contributed by atoms with van der Waals surface area (Å²) < 4.78 is 6.92. The number of carbonyl (C=O) groups is 1. The van der Waals surface area contributed by atoms with E-state index in [9.17, 15) is 4.79 Å². The molecule has 2 heterocycles. The average molecular weight is 428 g/mol. The molecule has 156 valence electrons. The third-order valence-corrected chi connectivity index (χ3v) is 5.22. The molecule has 3 aromatic rings. The van der Waals surface area contributed by atoms with Gasteiger partial charge in [-0.2, -0.15) is 4.68 Å². The van der Waals surface area contributed by atoms with Crippen LogP contribution in [0.4, 0.5) is 10.5 Å². The van der Waals surface area contributed by atoms with E-state index < -0.39 is 0 Å². The van der Waals surface area contributed by atoms with Gasteiger partial charge in [0, 0.05) is 36.9 Å². The molecule has 0 saturated carbocycles. The van der Waals surface area contributed by atoms with Gasteiger partial charge in [0.2, 0.25) is 0 Å². The number of benzene rings is 2. The fourth-order valence-corrected chi connectivity index (χ4v) is 3.40. The third kappa shape index (κ3) is 4.69. The second-order valence-electron chi connectivity index (χ2n) is 6.91. The number of amides is 2. The molecule has 1 aromatic heterocycles. The van der Waals surface area contributed by atoms with E-state index in [4.69, 9.17) is 16.3 Å². The van der Waals surface area contributed by atoms with Crippen LogP contribution < -0.4 is 10.1 Å². The number of rotatable bonds is 5. The molecule has 0 unspecified atom stereocenters. The average Bonchev–Trinajstić information content (AvgIpc) is 3.24. The fourth-order valence-electron chi connectivity index (χ4n) is 3.27. The van der Waals surface area contributed by atoms with Gasteiger partial charge in [-0.15, -0.1) is 5.10 Å². The van der Waals surface area contributed by atoms with Crippen molar-refractivity contribution in [3.05, 3.63) is 59.4 Å². The molecule has 1 aliphatic rings. The van der Waals surface area contributed by atoms with E-state index in [0.29, 0.717) is 24.7 Å². The zero-order valence-corrected chi connectivity index (χ0v) is 17.3. The van der Waals surface area contributed by atoms with E-state index in [0.717, 1.165) is 36.0 Å². The number of hydrogen-bond acceptors (Lipinski definition) is 6. The number of methoxy groups -OCH3 is 1. The maximum atomic E-state index is 12.5. The van der Waals surface area contributed by atoms with E-state index in [1.807, 2.05) is 24.3 Å². The van der Waals surface area contributed by atoms with Crippen molar-refractivity contribution in [3.8, 4) is 11.4 Å². The summed E-state index contributed by atoms with van der Waals surface area (Å²) in [5, 5.41) is 15.6. The normalized spacial score (nSPS) is 14.5. The number of aromatic nitrogens is 4. The molecule has 0 bridgehead atoms. The number of nitrogens with zero attached hydrogens (tertiary/aromatic N) is 6. The Morgan fingerprint density at radius 2 is 1.77 bits per heavy atom. The summed E-state index contributed by atoms with van der Waals surface area (Å²) in [6.45, 7) is 3.34. The maximum Gasteiger partial charge on any atom is 0.321 e. The SMILES string of the molecule is COc1ccc(-n2nnnc2CN2CCN(C(=O)Nc3ccc(Cl)cc3)CC2)cc1. The third-order valence-electron chi connectivity index (χ3n) is 4.97. The summed E-state index contributed by atoms with van der Waals surface area (Å²) in [6.07, 6.45) is 0. The molecule has 4 rings (SSSR count). The standard InChI is InChI=1S/C20H22ClN7O2/c1-30-18-8-6-17(7-9-18)28-19(23-24-25-28)14-26-10-12-27(13-11-26)20(29)22-16-4-2-15(21)3-5-16/h2-9H,10-14H2,1H3,(H,22,29). The van der Waals surface area contributed by atoms with Crippen molar-refractivity contribution in [3.63, 3.8) is 0 Å². The Hall–Kier alpha value is -3.17. The Labute approximate surface area is 179 Å². The van der Waals surface area contributed by atoms with Gasteiger partial charge in [-0.1, -0.05) is 11.6 Å². The van der Waals surface area contributed by atoms with Crippen molar-refractivity contribution < 1.29 is 9.53 Å². The summed E-state index contributed by atoms with van der Waals surface area (Å²) in [5.41, 5.74) is 1.60. The second-order valence-corrected chi connectivity index (χ2v) is 7.34. The minimum Gasteiger partial charge on any atom is -0.497 e. The smallest absolute Gasteiger partial charge is 0.321 e. The topological polar surface area (TPSA) is 88.4 Å². The number of carbonyl (C=O) groups excluding carboxylic acids is 1. The van der Waals surface area contributed by atoms with Crippen molar-refractivity contribution in [2.75, 3.05) is 38.6 Å². The lowest BCUT2D eigenvalue weighted by Crippen LogP contribution is -2.49. The van der Waals surface area contributed by atoms with E-state index in [1.165, 1.54) is 0 Å². The molecule has 30 heavy (non-hydrogen) atoms. The van der Waals surface area contributed by atoms with E-state index in [2.05, 4.69) is 25.7 Å². The highest BCUT2D eigenvalue weighted by atomic mass is 35.5. The van der Waals surface area contributed by atoms with Gasteiger partial charge in [-0.05, 0) is 59.0 Å². The van der Waals surface area contributed by atoms with Crippen molar-refractivity contribution >= 4 is 23.3 Å². The number of piperazine rings is 1.